The molecule has 3 aromatic rings. The third-order valence-corrected chi connectivity index (χ3v) is 2.65. The van der Waals surface area contributed by atoms with Crippen LogP contribution < -0.4 is 5.73 Å². The number of aromatic amines is 1. The van der Waals surface area contributed by atoms with Crippen molar-refractivity contribution in [2.24, 2.45) is 0 Å². The van der Waals surface area contributed by atoms with Crippen molar-refractivity contribution in [3.05, 3.63) is 48.8 Å². The molecular weight excluding hydrogens is 198 g/mol. The summed E-state index contributed by atoms with van der Waals surface area (Å²) in [5, 5.41) is 1.17. The van der Waals surface area contributed by atoms with E-state index in [1.54, 1.807) is 6.20 Å². The first-order chi connectivity index (χ1) is 7.83. The number of nitrogens with zero attached hydrogens (tertiary/aromatic N) is 1. The first-order valence-electron chi connectivity index (χ1n) is 5.11. The van der Waals surface area contributed by atoms with E-state index in [1.807, 2.05) is 36.5 Å². The average Bonchev–Trinajstić information content (AvgIpc) is 2.73. The maximum Gasteiger partial charge on any atom is 0.0645 e. The normalized spacial score (nSPS) is 10.8. The van der Waals surface area contributed by atoms with Gasteiger partial charge in [-0.05, 0) is 29.8 Å². The predicted octanol–water partition coefficient (Wildman–Crippen LogP) is 2.81. The fourth-order valence-electron chi connectivity index (χ4n) is 1.79. The molecule has 2 aromatic heterocycles. The summed E-state index contributed by atoms with van der Waals surface area (Å²) in [6.07, 6.45) is 3.62. The van der Waals surface area contributed by atoms with Crippen molar-refractivity contribution in [3.8, 4) is 11.3 Å². The van der Waals surface area contributed by atoms with Crippen LogP contribution >= 0.6 is 0 Å². The Morgan fingerprint density at radius 2 is 1.88 bits per heavy atom. The number of pyridine rings is 1. The van der Waals surface area contributed by atoms with Gasteiger partial charge in [0.05, 0.1) is 11.7 Å². The lowest BCUT2D eigenvalue weighted by Gasteiger charge is -1.97. The molecule has 0 bridgehead atoms. The number of aromatic nitrogens is 2. The lowest BCUT2D eigenvalue weighted by molar-refractivity contribution is 1.34. The van der Waals surface area contributed by atoms with Gasteiger partial charge in [0.15, 0.2) is 0 Å². The molecule has 3 heteroatoms. The maximum atomic E-state index is 5.66. The first kappa shape index (κ1) is 8.97. The van der Waals surface area contributed by atoms with Crippen LogP contribution in [0.5, 0.6) is 0 Å². The number of nitrogens with one attached hydrogen (secondary N) is 1. The zero-order valence-corrected chi connectivity index (χ0v) is 8.64. The molecule has 0 spiro atoms. The number of fused-ring (bicyclic) bond motifs is 1. The Hall–Kier alpha value is -2.29. The van der Waals surface area contributed by atoms with Gasteiger partial charge in [-0.2, -0.15) is 0 Å². The Morgan fingerprint density at radius 1 is 1.06 bits per heavy atom. The Morgan fingerprint density at radius 3 is 2.62 bits per heavy atom. The molecule has 0 amide bonds. The number of hydrogen-bond donors (Lipinski definition) is 2. The summed E-state index contributed by atoms with van der Waals surface area (Å²) in [5.74, 6) is 0. The zero-order valence-electron chi connectivity index (χ0n) is 8.64. The molecule has 0 fully saturated rings. The van der Waals surface area contributed by atoms with E-state index < -0.39 is 0 Å². The van der Waals surface area contributed by atoms with Crippen LogP contribution in [0, 0.1) is 0 Å². The third-order valence-electron chi connectivity index (χ3n) is 2.65. The van der Waals surface area contributed by atoms with Crippen LogP contribution in [0.3, 0.4) is 0 Å². The highest BCUT2D eigenvalue weighted by molar-refractivity contribution is 5.85. The van der Waals surface area contributed by atoms with Crippen LogP contribution in [0.25, 0.3) is 22.2 Å². The standard InChI is InChI=1S/C13H11N3/c14-11-3-1-9(2-4-11)12-7-10-5-6-15-8-13(10)16-12/h1-8,16H,14H2. The van der Waals surface area contributed by atoms with Gasteiger partial charge in [-0.3, -0.25) is 4.98 Å². The molecule has 78 valence electrons. The molecule has 0 aliphatic heterocycles. The largest absolute Gasteiger partial charge is 0.399 e. The molecule has 3 rings (SSSR count). The summed E-state index contributed by atoms with van der Waals surface area (Å²) in [6, 6.07) is 11.9. The molecule has 0 radical (unpaired) electrons. The maximum absolute atomic E-state index is 5.66. The van der Waals surface area contributed by atoms with Crippen molar-refractivity contribution in [3.63, 3.8) is 0 Å². The summed E-state index contributed by atoms with van der Waals surface area (Å²) >= 11 is 0. The minimum absolute atomic E-state index is 0.779. The van der Waals surface area contributed by atoms with Gasteiger partial charge in [0.25, 0.3) is 0 Å². The van der Waals surface area contributed by atoms with E-state index in [2.05, 4.69) is 16.0 Å². The van der Waals surface area contributed by atoms with Gasteiger partial charge in [0, 0.05) is 23.0 Å². The highest BCUT2D eigenvalue weighted by Crippen LogP contribution is 2.23. The van der Waals surface area contributed by atoms with Crippen LogP contribution in [-0.4, -0.2) is 9.97 Å². The fourth-order valence-corrected chi connectivity index (χ4v) is 1.79. The van der Waals surface area contributed by atoms with Crippen molar-refractivity contribution < 1.29 is 0 Å². The Labute approximate surface area is 92.9 Å². The second kappa shape index (κ2) is 3.38. The number of rotatable bonds is 1. The number of anilines is 1. The molecule has 0 aliphatic rings. The highest BCUT2D eigenvalue weighted by atomic mass is 14.7. The van der Waals surface area contributed by atoms with Gasteiger partial charge >= 0.3 is 0 Å². The molecule has 0 saturated heterocycles. The molecule has 0 atom stereocenters. The fraction of sp³-hybridized carbons (Fsp3) is 0. The molecule has 3 N–H and O–H groups in total. The van der Waals surface area contributed by atoms with Crippen molar-refractivity contribution in [2.45, 2.75) is 0 Å². The quantitative estimate of drug-likeness (QED) is 0.605. The smallest absolute Gasteiger partial charge is 0.0645 e. The molecule has 1 aromatic carbocycles. The molecule has 0 saturated carbocycles. The topological polar surface area (TPSA) is 54.7 Å². The van der Waals surface area contributed by atoms with Crippen LogP contribution in [0.4, 0.5) is 5.69 Å². The Bertz CT molecular complexity index is 590. The van der Waals surface area contributed by atoms with Crippen LogP contribution in [0.15, 0.2) is 48.8 Å². The van der Waals surface area contributed by atoms with Gasteiger partial charge in [-0.25, -0.2) is 0 Å². The zero-order chi connectivity index (χ0) is 11.0. The van der Waals surface area contributed by atoms with E-state index in [1.165, 1.54) is 5.39 Å². The van der Waals surface area contributed by atoms with Crippen molar-refractivity contribution >= 4 is 16.6 Å². The first-order valence-corrected chi connectivity index (χ1v) is 5.11. The van der Waals surface area contributed by atoms with Crippen LogP contribution in [0.2, 0.25) is 0 Å². The van der Waals surface area contributed by atoms with Gasteiger partial charge < -0.3 is 10.7 Å². The van der Waals surface area contributed by atoms with Crippen molar-refractivity contribution in [1.29, 1.82) is 0 Å². The minimum atomic E-state index is 0.779. The van der Waals surface area contributed by atoms with E-state index in [9.17, 15) is 0 Å². The number of benzene rings is 1. The van der Waals surface area contributed by atoms with E-state index in [0.717, 1.165) is 22.5 Å². The van der Waals surface area contributed by atoms with Gasteiger partial charge in [0.2, 0.25) is 0 Å². The molecule has 3 nitrogen and oxygen atoms in total. The van der Waals surface area contributed by atoms with Crippen molar-refractivity contribution in [1.82, 2.24) is 9.97 Å². The summed E-state index contributed by atoms with van der Waals surface area (Å²) in [7, 11) is 0. The van der Waals surface area contributed by atoms with E-state index in [-0.39, 0.29) is 0 Å². The van der Waals surface area contributed by atoms with Crippen molar-refractivity contribution in [2.75, 3.05) is 5.73 Å². The summed E-state index contributed by atoms with van der Waals surface area (Å²) in [4.78, 5) is 7.41. The Balaban J connectivity index is 2.15. The van der Waals surface area contributed by atoms with Gasteiger partial charge in [-0.15, -0.1) is 0 Å². The minimum Gasteiger partial charge on any atom is -0.399 e. The van der Waals surface area contributed by atoms with E-state index >= 15 is 0 Å². The highest BCUT2D eigenvalue weighted by Gasteiger charge is 2.02. The molecule has 0 aliphatic carbocycles. The second-order valence-electron chi connectivity index (χ2n) is 3.77. The number of nitrogen functional groups attached to an aromatic ring is 1. The van der Waals surface area contributed by atoms with E-state index in [0.29, 0.717) is 0 Å². The molecule has 16 heavy (non-hydrogen) atoms. The predicted molar refractivity (Wildman–Crippen MR) is 65.9 cm³/mol. The molecule has 2 heterocycles. The summed E-state index contributed by atoms with van der Waals surface area (Å²) in [6.45, 7) is 0. The van der Waals surface area contributed by atoms with Crippen LogP contribution in [0.1, 0.15) is 0 Å². The lowest BCUT2D eigenvalue weighted by Crippen LogP contribution is -1.83. The third kappa shape index (κ3) is 1.42. The number of nitrogens with two attached hydrogens (primary N) is 1. The van der Waals surface area contributed by atoms with E-state index in [4.69, 9.17) is 5.73 Å². The number of H-pyrrole nitrogens is 1. The molecule has 0 unspecified atom stereocenters. The van der Waals surface area contributed by atoms with Gasteiger partial charge in [0.1, 0.15) is 0 Å². The Kier molecular flexibility index (Phi) is 1.90. The summed E-state index contributed by atoms with van der Waals surface area (Å²) in [5.41, 5.74) is 9.71. The average molecular weight is 209 g/mol. The number of hydrogen-bond acceptors (Lipinski definition) is 2. The lowest BCUT2D eigenvalue weighted by atomic mass is 10.1. The van der Waals surface area contributed by atoms with Crippen LogP contribution in [-0.2, 0) is 0 Å². The second-order valence-corrected chi connectivity index (χ2v) is 3.77. The van der Waals surface area contributed by atoms with Gasteiger partial charge in [-0.1, -0.05) is 12.1 Å². The monoisotopic (exact) mass is 209 g/mol. The summed E-state index contributed by atoms with van der Waals surface area (Å²) < 4.78 is 0. The SMILES string of the molecule is Nc1ccc(-c2cc3ccncc3[nH]2)cc1. The molecular formula is C13H11N3.